The summed E-state index contributed by atoms with van der Waals surface area (Å²) in [5.74, 6) is -0.0668. The minimum Gasteiger partial charge on any atom is -0.465 e. The lowest BCUT2D eigenvalue weighted by Gasteiger charge is -2.19. The van der Waals surface area contributed by atoms with E-state index in [-0.39, 0.29) is 11.4 Å². The fourth-order valence-electron chi connectivity index (χ4n) is 1.98. The molecular weight excluding hydrogens is 248 g/mol. The van der Waals surface area contributed by atoms with E-state index in [1.807, 2.05) is 19.9 Å². The molecule has 0 aliphatic carbocycles. The maximum absolute atomic E-state index is 11.6. The molecule has 2 nitrogen and oxygen atoms in total. The first-order chi connectivity index (χ1) is 9.52. The standard InChI is InChI=1S/C18H34O2/c1-5-7-8-9-10-11-12-13-14-15-17(19)20-16-18(3,4)6-2/h6H,2,5,7-16H2,1,3-4H3. The number of hydrogen-bond acceptors (Lipinski definition) is 2. The van der Waals surface area contributed by atoms with Gasteiger partial charge in [0.1, 0.15) is 0 Å². The van der Waals surface area contributed by atoms with Gasteiger partial charge in [0.05, 0.1) is 6.61 Å². The first-order valence-electron chi connectivity index (χ1n) is 8.31. The molecule has 0 atom stereocenters. The van der Waals surface area contributed by atoms with Crippen LogP contribution in [0.5, 0.6) is 0 Å². The molecule has 20 heavy (non-hydrogen) atoms. The summed E-state index contributed by atoms with van der Waals surface area (Å²) in [6, 6.07) is 0. The summed E-state index contributed by atoms with van der Waals surface area (Å²) in [7, 11) is 0. The van der Waals surface area contributed by atoms with Crippen molar-refractivity contribution >= 4 is 5.97 Å². The lowest BCUT2D eigenvalue weighted by molar-refractivity contribution is -0.146. The predicted molar refractivity (Wildman–Crippen MR) is 86.8 cm³/mol. The van der Waals surface area contributed by atoms with Crippen molar-refractivity contribution < 1.29 is 9.53 Å². The monoisotopic (exact) mass is 282 g/mol. The highest BCUT2D eigenvalue weighted by molar-refractivity contribution is 5.69. The summed E-state index contributed by atoms with van der Waals surface area (Å²) in [6.07, 6.45) is 13.8. The number of rotatable bonds is 13. The number of unbranched alkanes of at least 4 members (excludes halogenated alkanes) is 8. The van der Waals surface area contributed by atoms with E-state index in [4.69, 9.17) is 4.74 Å². The second kappa shape index (κ2) is 12.0. The van der Waals surface area contributed by atoms with Gasteiger partial charge in [-0.25, -0.2) is 0 Å². The Labute approximate surface area is 126 Å². The molecule has 0 aromatic heterocycles. The molecule has 0 radical (unpaired) electrons. The Bertz CT molecular complexity index is 256. The van der Waals surface area contributed by atoms with Crippen molar-refractivity contribution in [3.05, 3.63) is 12.7 Å². The molecule has 0 spiro atoms. The van der Waals surface area contributed by atoms with E-state index in [1.54, 1.807) is 0 Å². The molecule has 0 bridgehead atoms. The third-order valence-corrected chi connectivity index (χ3v) is 3.64. The average molecular weight is 282 g/mol. The molecule has 0 heterocycles. The first-order valence-corrected chi connectivity index (χ1v) is 8.31. The van der Waals surface area contributed by atoms with Crippen molar-refractivity contribution in [3.63, 3.8) is 0 Å². The molecular formula is C18H34O2. The second-order valence-electron chi connectivity index (χ2n) is 6.43. The van der Waals surface area contributed by atoms with Gasteiger partial charge in [-0.15, -0.1) is 6.58 Å². The van der Waals surface area contributed by atoms with Gasteiger partial charge in [-0.05, 0) is 6.42 Å². The molecule has 0 saturated heterocycles. The zero-order valence-corrected chi connectivity index (χ0v) is 13.9. The summed E-state index contributed by atoms with van der Waals surface area (Å²) in [5.41, 5.74) is -0.117. The van der Waals surface area contributed by atoms with Crippen LogP contribution in [-0.2, 0) is 9.53 Å². The summed E-state index contributed by atoms with van der Waals surface area (Å²) < 4.78 is 5.26. The molecule has 2 heteroatoms. The predicted octanol–water partition coefficient (Wildman–Crippen LogP) is 5.66. The average Bonchev–Trinajstić information content (AvgIpc) is 2.43. The van der Waals surface area contributed by atoms with Crippen molar-refractivity contribution in [2.75, 3.05) is 6.61 Å². The molecule has 0 aliphatic heterocycles. The van der Waals surface area contributed by atoms with Crippen LogP contribution in [0.15, 0.2) is 12.7 Å². The molecule has 0 N–H and O–H groups in total. The number of hydrogen-bond donors (Lipinski definition) is 0. The quantitative estimate of drug-likeness (QED) is 0.247. The van der Waals surface area contributed by atoms with Crippen molar-refractivity contribution in [3.8, 4) is 0 Å². The molecule has 0 amide bonds. The topological polar surface area (TPSA) is 26.3 Å². The maximum atomic E-state index is 11.6. The van der Waals surface area contributed by atoms with Gasteiger partial charge in [0.25, 0.3) is 0 Å². The zero-order valence-electron chi connectivity index (χ0n) is 13.9. The van der Waals surface area contributed by atoms with Gasteiger partial charge in [-0.3, -0.25) is 4.79 Å². The number of carbonyl (C=O) groups is 1. The fraction of sp³-hybridized carbons (Fsp3) is 0.833. The largest absolute Gasteiger partial charge is 0.465 e. The van der Waals surface area contributed by atoms with Crippen LogP contribution in [0, 0.1) is 5.41 Å². The number of carbonyl (C=O) groups excluding carboxylic acids is 1. The highest BCUT2D eigenvalue weighted by Crippen LogP contribution is 2.17. The Morgan fingerprint density at radius 3 is 2.00 bits per heavy atom. The Hall–Kier alpha value is -0.790. The van der Waals surface area contributed by atoms with Gasteiger partial charge in [-0.1, -0.05) is 78.2 Å². The van der Waals surface area contributed by atoms with Crippen LogP contribution >= 0.6 is 0 Å². The summed E-state index contributed by atoms with van der Waals surface area (Å²) in [4.78, 5) is 11.6. The molecule has 0 aliphatic rings. The smallest absolute Gasteiger partial charge is 0.305 e. The normalized spacial score (nSPS) is 11.3. The Morgan fingerprint density at radius 2 is 1.50 bits per heavy atom. The second-order valence-corrected chi connectivity index (χ2v) is 6.43. The zero-order chi connectivity index (χ0) is 15.3. The van der Waals surface area contributed by atoms with Crippen LogP contribution in [0.2, 0.25) is 0 Å². The van der Waals surface area contributed by atoms with E-state index in [0.29, 0.717) is 13.0 Å². The van der Waals surface area contributed by atoms with Crippen LogP contribution in [-0.4, -0.2) is 12.6 Å². The molecule has 0 rings (SSSR count). The highest BCUT2D eigenvalue weighted by Gasteiger charge is 2.15. The van der Waals surface area contributed by atoms with Crippen LogP contribution in [0.3, 0.4) is 0 Å². The van der Waals surface area contributed by atoms with Gasteiger partial charge in [0.2, 0.25) is 0 Å². The molecule has 0 aromatic rings. The highest BCUT2D eigenvalue weighted by atomic mass is 16.5. The van der Waals surface area contributed by atoms with E-state index in [1.165, 1.54) is 44.9 Å². The molecule has 0 unspecified atom stereocenters. The fourth-order valence-corrected chi connectivity index (χ4v) is 1.98. The number of esters is 1. The molecule has 0 aromatic carbocycles. The van der Waals surface area contributed by atoms with Crippen molar-refractivity contribution in [1.82, 2.24) is 0 Å². The van der Waals surface area contributed by atoms with E-state index in [2.05, 4.69) is 13.5 Å². The lowest BCUT2D eigenvalue weighted by atomic mass is 9.95. The summed E-state index contributed by atoms with van der Waals surface area (Å²) in [6.45, 7) is 10.5. The minimum atomic E-state index is -0.117. The lowest BCUT2D eigenvalue weighted by Crippen LogP contribution is -2.19. The van der Waals surface area contributed by atoms with Crippen molar-refractivity contribution in [2.45, 2.75) is 85.0 Å². The van der Waals surface area contributed by atoms with Crippen molar-refractivity contribution in [2.24, 2.45) is 5.41 Å². The third kappa shape index (κ3) is 12.3. The Kier molecular flexibility index (Phi) is 11.5. The van der Waals surface area contributed by atoms with E-state index in [9.17, 15) is 4.79 Å². The van der Waals surface area contributed by atoms with Crippen molar-refractivity contribution in [1.29, 1.82) is 0 Å². The Morgan fingerprint density at radius 1 is 1.00 bits per heavy atom. The van der Waals surface area contributed by atoms with Crippen LogP contribution < -0.4 is 0 Å². The molecule has 0 fully saturated rings. The van der Waals surface area contributed by atoms with E-state index in [0.717, 1.165) is 12.8 Å². The summed E-state index contributed by atoms with van der Waals surface area (Å²) in [5, 5.41) is 0. The van der Waals surface area contributed by atoms with Gasteiger partial charge in [0, 0.05) is 11.8 Å². The van der Waals surface area contributed by atoms with E-state index < -0.39 is 0 Å². The van der Waals surface area contributed by atoms with Gasteiger partial charge in [0.15, 0.2) is 0 Å². The first kappa shape index (κ1) is 19.2. The molecule has 0 saturated carbocycles. The minimum absolute atomic E-state index is 0.0668. The maximum Gasteiger partial charge on any atom is 0.305 e. The number of ether oxygens (including phenoxy) is 1. The summed E-state index contributed by atoms with van der Waals surface area (Å²) >= 11 is 0. The van der Waals surface area contributed by atoms with Gasteiger partial charge < -0.3 is 4.74 Å². The SMILES string of the molecule is C=CC(C)(C)COC(=O)CCCCCCCCCCC. The molecule has 118 valence electrons. The van der Waals surface area contributed by atoms with Gasteiger partial charge in [-0.2, -0.15) is 0 Å². The van der Waals surface area contributed by atoms with Gasteiger partial charge >= 0.3 is 5.97 Å². The Balaban J connectivity index is 3.34. The van der Waals surface area contributed by atoms with Crippen LogP contribution in [0.1, 0.15) is 85.0 Å². The third-order valence-electron chi connectivity index (χ3n) is 3.64. The van der Waals surface area contributed by atoms with E-state index >= 15 is 0 Å². The van der Waals surface area contributed by atoms with Crippen LogP contribution in [0.25, 0.3) is 0 Å². The van der Waals surface area contributed by atoms with Crippen LogP contribution in [0.4, 0.5) is 0 Å².